The summed E-state index contributed by atoms with van der Waals surface area (Å²) in [6.45, 7) is 0.331. The number of nitrogens with two attached hydrogens (primary N) is 1. The minimum Gasteiger partial charge on any atom is -0.324 e. The second kappa shape index (κ2) is 2.73. The van der Waals surface area contributed by atoms with Crippen LogP contribution in [-0.2, 0) is 6.54 Å². The zero-order chi connectivity index (χ0) is 8.55. The average Bonchev–Trinajstić information content (AvgIpc) is 2.49. The van der Waals surface area contributed by atoms with Crippen molar-refractivity contribution in [1.82, 2.24) is 14.6 Å². The van der Waals surface area contributed by atoms with E-state index >= 15 is 0 Å². The molecule has 2 heterocycles. The number of aromatic nitrogens is 3. The zero-order valence-electron chi connectivity index (χ0n) is 6.24. The first-order chi connectivity index (χ1) is 5.81. The number of hydrogen-bond acceptors (Lipinski definition) is 3. The van der Waals surface area contributed by atoms with Gasteiger partial charge in [-0.15, -0.1) is 5.10 Å². The SMILES string of the molecule is NCc1nc2c(Cl)cccn2n1. The lowest BCUT2D eigenvalue weighted by atomic mass is 10.5. The predicted octanol–water partition coefficient (Wildman–Crippen LogP) is 0.841. The van der Waals surface area contributed by atoms with E-state index < -0.39 is 0 Å². The molecular formula is C7H7ClN4. The number of fused-ring (bicyclic) bond motifs is 1. The molecule has 0 aliphatic rings. The molecule has 2 rings (SSSR count). The standard InChI is InChI=1S/C7H7ClN4/c8-5-2-1-3-12-7(5)10-6(4-9)11-12/h1-3H,4,9H2. The van der Waals surface area contributed by atoms with Gasteiger partial charge in [0.25, 0.3) is 0 Å². The van der Waals surface area contributed by atoms with Gasteiger partial charge in [0.1, 0.15) is 0 Å². The van der Waals surface area contributed by atoms with E-state index in [1.54, 1.807) is 16.8 Å². The minimum atomic E-state index is 0.331. The molecule has 0 aliphatic carbocycles. The molecule has 0 radical (unpaired) electrons. The lowest BCUT2D eigenvalue weighted by molar-refractivity contribution is 0.869. The Bertz CT molecular complexity index is 409. The van der Waals surface area contributed by atoms with Crippen molar-refractivity contribution in [2.24, 2.45) is 5.73 Å². The van der Waals surface area contributed by atoms with Gasteiger partial charge in [0.2, 0.25) is 0 Å². The molecule has 0 bridgehead atoms. The van der Waals surface area contributed by atoms with Gasteiger partial charge in [-0.05, 0) is 12.1 Å². The molecule has 0 unspecified atom stereocenters. The summed E-state index contributed by atoms with van der Waals surface area (Å²) < 4.78 is 1.62. The molecule has 12 heavy (non-hydrogen) atoms. The third-order valence-corrected chi connectivity index (χ3v) is 1.84. The van der Waals surface area contributed by atoms with Crippen LogP contribution in [-0.4, -0.2) is 14.6 Å². The number of nitrogens with zero attached hydrogens (tertiary/aromatic N) is 3. The molecule has 0 aromatic carbocycles. The van der Waals surface area contributed by atoms with E-state index in [1.807, 2.05) is 6.07 Å². The number of rotatable bonds is 1. The van der Waals surface area contributed by atoms with Gasteiger partial charge in [-0.1, -0.05) is 11.6 Å². The first kappa shape index (κ1) is 7.52. The summed E-state index contributed by atoms with van der Waals surface area (Å²) in [5.74, 6) is 0.600. The Morgan fingerprint density at radius 3 is 3.08 bits per heavy atom. The maximum atomic E-state index is 5.86. The van der Waals surface area contributed by atoms with Crippen LogP contribution in [0.25, 0.3) is 5.65 Å². The third-order valence-electron chi connectivity index (χ3n) is 1.54. The number of hydrogen-bond donors (Lipinski definition) is 1. The van der Waals surface area contributed by atoms with Gasteiger partial charge >= 0.3 is 0 Å². The average molecular weight is 183 g/mol. The Labute approximate surface area is 74.0 Å². The summed E-state index contributed by atoms with van der Waals surface area (Å²) in [5, 5.41) is 4.68. The van der Waals surface area contributed by atoms with Crippen LogP contribution in [0.5, 0.6) is 0 Å². The normalized spacial score (nSPS) is 10.8. The molecule has 2 N–H and O–H groups in total. The van der Waals surface area contributed by atoms with Crippen LogP contribution in [0.2, 0.25) is 5.02 Å². The quantitative estimate of drug-likeness (QED) is 0.711. The van der Waals surface area contributed by atoms with Gasteiger partial charge in [0.15, 0.2) is 11.5 Å². The Kier molecular flexibility index (Phi) is 1.71. The second-order valence-electron chi connectivity index (χ2n) is 2.36. The third kappa shape index (κ3) is 1.05. The van der Waals surface area contributed by atoms with Crippen molar-refractivity contribution in [2.45, 2.75) is 6.54 Å². The molecule has 4 nitrogen and oxygen atoms in total. The summed E-state index contributed by atoms with van der Waals surface area (Å²) in [6, 6.07) is 3.58. The molecule has 2 aromatic heterocycles. The van der Waals surface area contributed by atoms with Crippen LogP contribution in [0, 0.1) is 0 Å². The van der Waals surface area contributed by atoms with Crippen molar-refractivity contribution in [3.63, 3.8) is 0 Å². The lowest BCUT2D eigenvalue weighted by Gasteiger charge is -1.90. The van der Waals surface area contributed by atoms with Crippen LogP contribution in [0.4, 0.5) is 0 Å². The summed E-state index contributed by atoms with van der Waals surface area (Å²) in [6.07, 6.45) is 1.79. The summed E-state index contributed by atoms with van der Waals surface area (Å²) in [5.41, 5.74) is 6.03. The van der Waals surface area contributed by atoms with Crippen LogP contribution >= 0.6 is 11.6 Å². The Morgan fingerprint density at radius 1 is 1.58 bits per heavy atom. The maximum Gasteiger partial charge on any atom is 0.174 e. The van der Waals surface area contributed by atoms with Crippen molar-refractivity contribution in [3.05, 3.63) is 29.2 Å². The first-order valence-electron chi connectivity index (χ1n) is 3.51. The van der Waals surface area contributed by atoms with Crippen molar-refractivity contribution >= 4 is 17.2 Å². The predicted molar refractivity (Wildman–Crippen MR) is 45.9 cm³/mol. The van der Waals surface area contributed by atoms with E-state index in [4.69, 9.17) is 17.3 Å². The molecule has 5 heteroatoms. The highest BCUT2D eigenvalue weighted by atomic mass is 35.5. The monoisotopic (exact) mass is 182 g/mol. The second-order valence-corrected chi connectivity index (χ2v) is 2.76. The van der Waals surface area contributed by atoms with E-state index in [2.05, 4.69) is 10.1 Å². The Hall–Kier alpha value is -1.13. The molecular weight excluding hydrogens is 176 g/mol. The van der Waals surface area contributed by atoms with Gasteiger partial charge in [-0.3, -0.25) is 0 Å². The molecule has 0 amide bonds. The van der Waals surface area contributed by atoms with E-state index in [9.17, 15) is 0 Å². The topological polar surface area (TPSA) is 56.2 Å². The lowest BCUT2D eigenvalue weighted by Crippen LogP contribution is -1.98. The fourth-order valence-electron chi connectivity index (χ4n) is 1.00. The van der Waals surface area contributed by atoms with Crippen LogP contribution < -0.4 is 5.73 Å². The summed E-state index contributed by atoms with van der Waals surface area (Å²) in [4.78, 5) is 4.13. The molecule has 0 saturated carbocycles. The molecule has 0 aliphatic heterocycles. The molecule has 0 spiro atoms. The maximum absolute atomic E-state index is 5.86. The highest BCUT2D eigenvalue weighted by molar-refractivity contribution is 6.33. The molecule has 0 atom stereocenters. The van der Waals surface area contributed by atoms with E-state index in [0.717, 1.165) is 0 Å². The Balaban J connectivity index is 2.74. The molecule has 0 saturated heterocycles. The van der Waals surface area contributed by atoms with Crippen molar-refractivity contribution in [2.75, 3.05) is 0 Å². The van der Waals surface area contributed by atoms with Crippen molar-refractivity contribution in [1.29, 1.82) is 0 Å². The Morgan fingerprint density at radius 2 is 2.42 bits per heavy atom. The number of pyridine rings is 1. The molecule has 2 aromatic rings. The first-order valence-corrected chi connectivity index (χ1v) is 3.89. The minimum absolute atomic E-state index is 0.331. The van der Waals surface area contributed by atoms with Gasteiger partial charge < -0.3 is 5.73 Å². The van der Waals surface area contributed by atoms with Gasteiger partial charge in [0, 0.05) is 6.20 Å². The van der Waals surface area contributed by atoms with Gasteiger partial charge in [0.05, 0.1) is 11.6 Å². The van der Waals surface area contributed by atoms with Crippen molar-refractivity contribution in [3.8, 4) is 0 Å². The fraction of sp³-hybridized carbons (Fsp3) is 0.143. The van der Waals surface area contributed by atoms with E-state index in [1.165, 1.54) is 0 Å². The largest absolute Gasteiger partial charge is 0.324 e. The summed E-state index contributed by atoms with van der Waals surface area (Å²) in [7, 11) is 0. The van der Waals surface area contributed by atoms with E-state index in [-0.39, 0.29) is 0 Å². The van der Waals surface area contributed by atoms with Gasteiger partial charge in [-0.25, -0.2) is 9.50 Å². The summed E-state index contributed by atoms with van der Waals surface area (Å²) >= 11 is 5.86. The van der Waals surface area contributed by atoms with Crippen LogP contribution in [0.1, 0.15) is 5.82 Å². The molecule has 62 valence electrons. The highest BCUT2D eigenvalue weighted by Gasteiger charge is 2.03. The highest BCUT2D eigenvalue weighted by Crippen LogP contribution is 2.13. The zero-order valence-corrected chi connectivity index (χ0v) is 6.99. The van der Waals surface area contributed by atoms with E-state index in [0.29, 0.717) is 23.0 Å². The molecule has 0 fully saturated rings. The fourth-order valence-corrected chi connectivity index (χ4v) is 1.21. The van der Waals surface area contributed by atoms with Crippen LogP contribution in [0.15, 0.2) is 18.3 Å². The van der Waals surface area contributed by atoms with Gasteiger partial charge in [-0.2, -0.15) is 0 Å². The van der Waals surface area contributed by atoms with Crippen molar-refractivity contribution < 1.29 is 0 Å². The smallest absolute Gasteiger partial charge is 0.174 e. The van der Waals surface area contributed by atoms with Crippen LogP contribution in [0.3, 0.4) is 0 Å². The number of halogens is 1.